The number of alkyl halides is 3. The summed E-state index contributed by atoms with van der Waals surface area (Å²) in [4.78, 5) is 33.4. The maximum absolute atomic E-state index is 11.9. The first-order chi connectivity index (χ1) is 10.6. The van der Waals surface area contributed by atoms with E-state index in [1.807, 2.05) is 19.9 Å². The van der Waals surface area contributed by atoms with Crippen molar-refractivity contribution >= 4 is 23.4 Å². The van der Waals surface area contributed by atoms with Crippen LogP contribution in [0.2, 0.25) is 0 Å². The van der Waals surface area contributed by atoms with Gasteiger partial charge in [-0.25, -0.2) is 0 Å². The molecule has 0 aromatic heterocycles. The molecule has 1 aromatic carbocycles. The van der Waals surface area contributed by atoms with Crippen LogP contribution in [-0.2, 0) is 14.4 Å². The molecule has 9 heteroatoms. The van der Waals surface area contributed by atoms with E-state index in [-0.39, 0.29) is 12.8 Å². The highest BCUT2D eigenvalue weighted by Crippen LogP contribution is 2.15. The molecule has 0 radical (unpaired) electrons. The SMILES string of the molecule is Cc1ccc(NC(=O)CCC(=O)NNC(=O)C(F)(F)F)cc1C. The quantitative estimate of drug-likeness (QED) is 0.734. The topological polar surface area (TPSA) is 87.3 Å². The Morgan fingerprint density at radius 1 is 0.957 bits per heavy atom. The minimum Gasteiger partial charge on any atom is -0.326 e. The largest absolute Gasteiger partial charge is 0.472 e. The van der Waals surface area contributed by atoms with Crippen LogP contribution in [0.5, 0.6) is 0 Å². The van der Waals surface area contributed by atoms with Crippen molar-refractivity contribution < 1.29 is 27.6 Å². The lowest BCUT2D eigenvalue weighted by molar-refractivity contribution is -0.175. The third-order valence-electron chi connectivity index (χ3n) is 2.94. The first kappa shape index (κ1) is 18.5. The van der Waals surface area contributed by atoms with E-state index in [1.54, 1.807) is 17.6 Å². The average molecular weight is 331 g/mol. The number of carbonyl (C=O) groups excluding carboxylic acids is 3. The van der Waals surface area contributed by atoms with Gasteiger partial charge in [0.2, 0.25) is 11.8 Å². The molecule has 0 aliphatic carbocycles. The van der Waals surface area contributed by atoms with Gasteiger partial charge in [0.1, 0.15) is 0 Å². The predicted octanol–water partition coefficient (Wildman–Crippen LogP) is 1.73. The van der Waals surface area contributed by atoms with Crippen LogP contribution in [0.4, 0.5) is 18.9 Å². The van der Waals surface area contributed by atoms with E-state index in [4.69, 9.17) is 0 Å². The summed E-state index contributed by atoms with van der Waals surface area (Å²) >= 11 is 0. The van der Waals surface area contributed by atoms with Gasteiger partial charge in [-0.05, 0) is 37.1 Å². The second-order valence-corrected chi connectivity index (χ2v) is 4.85. The van der Waals surface area contributed by atoms with Crippen LogP contribution in [0.15, 0.2) is 18.2 Å². The molecule has 0 heterocycles. The molecule has 0 fully saturated rings. The molecule has 3 amide bonds. The van der Waals surface area contributed by atoms with Crippen molar-refractivity contribution in [3.63, 3.8) is 0 Å². The third-order valence-corrected chi connectivity index (χ3v) is 2.94. The summed E-state index contributed by atoms with van der Waals surface area (Å²) in [6.45, 7) is 3.79. The fourth-order valence-corrected chi connectivity index (χ4v) is 1.53. The van der Waals surface area contributed by atoms with E-state index >= 15 is 0 Å². The fourth-order valence-electron chi connectivity index (χ4n) is 1.53. The number of rotatable bonds is 4. The van der Waals surface area contributed by atoms with E-state index < -0.39 is 23.9 Å². The van der Waals surface area contributed by atoms with Crippen molar-refractivity contribution in [3.8, 4) is 0 Å². The monoisotopic (exact) mass is 331 g/mol. The lowest BCUT2D eigenvalue weighted by Crippen LogP contribution is -2.47. The molecule has 126 valence electrons. The van der Waals surface area contributed by atoms with Gasteiger partial charge in [0.15, 0.2) is 0 Å². The first-order valence-corrected chi connectivity index (χ1v) is 6.62. The van der Waals surface area contributed by atoms with Gasteiger partial charge >= 0.3 is 12.1 Å². The Labute approximate surface area is 130 Å². The zero-order chi connectivity index (χ0) is 17.6. The summed E-state index contributed by atoms with van der Waals surface area (Å²) in [5.74, 6) is -3.66. The number of benzene rings is 1. The molecule has 0 aliphatic rings. The maximum Gasteiger partial charge on any atom is 0.472 e. The number of halogens is 3. The lowest BCUT2D eigenvalue weighted by Gasteiger charge is -2.10. The number of anilines is 1. The summed E-state index contributed by atoms with van der Waals surface area (Å²) in [7, 11) is 0. The molecular formula is C14H16F3N3O3. The Kier molecular flexibility index (Phi) is 6.11. The normalized spacial score (nSPS) is 10.8. The Balaban J connectivity index is 2.36. The van der Waals surface area contributed by atoms with Crippen molar-refractivity contribution in [1.29, 1.82) is 0 Å². The van der Waals surface area contributed by atoms with Crippen molar-refractivity contribution in [1.82, 2.24) is 10.9 Å². The minimum absolute atomic E-state index is 0.235. The molecular weight excluding hydrogens is 315 g/mol. The van der Waals surface area contributed by atoms with Crippen molar-refractivity contribution in [2.24, 2.45) is 0 Å². The molecule has 6 nitrogen and oxygen atoms in total. The van der Waals surface area contributed by atoms with Crippen molar-refractivity contribution in [2.45, 2.75) is 32.9 Å². The molecule has 23 heavy (non-hydrogen) atoms. The van der Waals surface area contributed by atoms with Crippen LogP contribution in [-0.4, -0.2) is 23.9 Å². The van der Waals surface area contributed by atoms with Crippen LogP contribution < -0.4 is 16.2 Å². The van der Waals surface area contributed by atoms with Gasteiger partial charge in [0, 0.05) is 18.5 Å². The number of hydrogen-bond acceptors (Lipinski definition) is 3. The first-order valence-electron chi connectivity index (χ1n) is 6.62. The molecule has 1 rings (SSSR count). The number of hydrazine groups is 1. The van der Waals surface area contributed by atoms with Crippen LogP contribution in [0.1, 0.15) is 24.0 Å². The molecule has 0 aliphatic heterocycles. The van der Waals surface area contributed by atoms with E-state index in [9.17, 15) is 27.6 Å². The highest BCUT2D eigenvalue weighted by molar-refractivity contribution is 5.93. The molecule has 0 bridgehead atoms. The number of nitrogens with one attached hydrogen (secondary N) is 3. The van der Waals surface area contributed by atoms with E-state index in [1.165, 1.54) is 5.43 Å². The molecule has 1 aromatic rings. The zero-order valence-electron chi connectivity index (χ0n) is 12.5. The molecule has 0 spiro atoms. The molecule has 0 saturated carbocycles. The van der Waals surface area contributed by atoms with Gasteiger partial charge in [-0.1, -0.05) is 6.07 Å². The fraction of sp³-hybridized carbons (Fsp3) is 0.357. The van der Waals surface area contributed by atoms with Crippen LogP contribution in [0.3, 0.4) is 0 Å². The maximum atomic E-state index is 11.9. The Morgan fingerprint density at radius 3 is 2.13 bits per heavy atom. The highest BCUT2D eigenvalue weighted by atomic mass is 19.4. The van der Waals surface area contributed by atoms with Crippen LogP contribution >= 0.6 is 0 Å². The summed E-state index contributed by atoms with van der Waals surface area (Å²) < 4.78 is 35.7. The average Bonchev–Trinajstić information content (AvgIpc) is 2.45. The van der Waals surface area contributed by atoms with Gasteiger partial charge < -0.3 is 5.32 Å². The Hall–Kier alpha value is -2.58. The van der Waals surface area contributed by atoms with E-state index in [2.05, 4.69) is 5.32 Å². The molecule has 0 atom stereocenters. The van der Waals surface area contributed by atoms with Gasteiger partial charge in [-0.3, -0.25) is 25.2 Å². The number of carbonyl (C=O) groups is 3. The van der Waals surface area contributed by atoms with Gasteiger partial charge in [-0.15, -0.1) is 0 Å². The smallest absolute Gasteiger partial charge is 0.326 e. The van der Waals surface area contributed by atoms with Gasteiger partial charge in [-0.2, -0.15) is 13.2 Å². The number of amides is 3. The third kappa shape index (κ3) is 6.37. The zero-order valence-corrected chi connectivity index (χ0v) is 12.5. The second-order valence-electron chi connectivity index (χ2n) is 4.85. The summed E-state index contributed by atoms with van der Waals surface area (Å²) in [6, 6.07) is 5.28. The van der Waals surface area contributed by atoms with Crippen LogP contribution in [0.25, 0.3) is 0 Å². The molecule has 0 unspecified atom stereocenters. The van der Waals surface area contributed by atoms with Crippen molar-refractivity contribution in [2.75, 3.05) is 5.32 Å². The molecule has 0 saturated heterocycles. The van der Waals surface area contributed by atoms with Gasteiger partial charge in [0.05, 0.1) is 0 Å². The Morgan fingerprint density at radius 2 is 1.57 bits per heavy atom. The standard InChI is InChI=1S/C14H16F3N3O3/c1-8-3-4-10(7-9(8)2)18-11(21)5-6-12(22)19-20-13(23)14(15,16)17/h3-4,7H,5-6H2,1-2H3,(H,18,21)(H,19,22)(H,20,23). The number of hydrogen-bond donors (Lipinski definition) is 3. The van der Waals surface area contributed by atoms with Crippen LogP contribution in [0, 0.1) is 13.8 Å². The van der Waals surface area contributed by atoms with E-state index in [0.717, 1.165) is 11.1 Å². The van der Waals surface area contributed by atoms with E-state index in [0.29, 0.717) is 5.69 Å². The molecule has 3 N–H and O–H groups in total. The summed E-state index contributed by atoms with van der Waals surface area (Å²) in [5.41, 5.74) is 5.40. The Bertz CT molecular complexity index is 615. The predicted molar refractivity (Wildman–Crippen MR) is 76.1 cm³/mol. The van der Waals surface area contributed by atoms with Crippen molar-refractivity contribution in [3.05, 3.63) is 29.3 Å². The lowest BCUT2D eigenvalue weighted by atomic mass is 10.1. The number of aryl methyl sites for hydroxylation is 2. The van der Waals surface area contributed by atoms with Gasteiger partial charge in [0.25, 0.3) is 0 Å². The summed E-state index contributed by atoms with van der Waals surface area (Å²) in [5, 5.41) is 2.57. The highest BCUT2D eigenvalue weighted by Gasteiger charge is 2.38. The second kappa shape index (κ2) is 7.61. The minimum atomic E-state index is -5.09. The summed E-state index contributed by atoms with van der Waals surface area (Å²) in [6.07, 6.45) is -5.69.